The second-order valence-corrected chi connectivity index (χ2v) is 9.14. The molecule has 0 atom stereocenters. The molecule has 0 radical (unpaired) electrons. The maximum absolute atomic E-state index is 12.5. The van der Waals surface area contributed by atoms with Crippen molar-refractivity contribution in [1.29, 1.82) is 0 Å². The summed E-state index contributed by atoms with van der Waals surface area (Å²) in [5, 5.41) is 7.76. The summed E-state index contributed by atoms with van der Waals surface area (Å²) in [7, 11) is 0. The number of aromatic nitrogens is 2. The van der Waals surface area contributed by atoms with E-state index in [2.05, 4.69) is 34.4 Å². The van der Waals surface area contributed by atoms with Crippen molar-refractivity contribution in [1.82, 2.24) is 15.3 Å². The van der Waals surface area contributed by atoms with Gasteiger partial charge in [-0.05, 0) is 56.9 Å². The number of aryl methyl sites for hydroxylation is 3. The summed E-state index contributed by atoms with van der Waals surface area (Å²) in [4.78, 5) is 24.0. The van der Waals surface area contributed by atoms with E-state index in [-0.39, 0.29) is 5.91 Å². The lowest BCUT2D eigenvalue weighted by Crippen LogP contribution is -2.36. The van der Waals surface area contributed by atoms with Crippen molar-refractivity contribution >= 4 is 33.3 Å². The summed E-state index contributed by atoms with van der Waals surface area (Å²) in [6, 6.07) is 8.18. The molecule has 2 N–H and O–H groups in total. The molecule has 0 bridgehead atoms. The van der Waals surface area contributed by atoms with Crippen LogP contribution in [0.15, 0.2) is 24.3 Å². The summed E-state index contributed by atoms with van der Waals surface area (Å²) >= 11 is 1.71. The number of hydrogen-bond acceptors (Lipinski definition) is 5. The molecular formula is C23H28N4OS. The third kappa shape index (κ3) is 4.42. The van der Waals surface area contributed by atoms with Gasteiger partial charge in [0.25, 0.3) is 5.91 Å². The molecule has 4 rings (SSSR count). The number of fused-ring (bicyclic) bond motifs is 1. The van der Waals surface area contributed by atoms with Gasteiger partial charge in [0.2, 0.25) is 0 Å². The Bertz CT molecular complexity index is 1020. The molecule has 2 heterocycles. The largest absolute Gasteiger partial charge is 0.365 e. The molecule has 1 aliphatic carbocycles. The number of carbonyl (C=O) groups excluding carboxylic acids is 1. The van der Waals surface area contributed by atoms with Crippen LogP contribution in [0, 0.1) is 20.8 Å². The first-order valence-corrected chi connectivity index (χ1v) is 11.2. The Labute approximate surface area is 176 Å². The van der Waals surface area contributed by atoms with Crippen LogP contribution in [0.5, 0.6) is 0 Å². The van der Waals surface area contributed by atoms with Crippen molar-refractivity contribution in [3.63, 3.8) is 0 Å². The Balaban J connectivity index is 1.43. The van der Waals surface area contributed by atoms with E-state index in [0.29, 0.717) is 12.6 Å². The fourth-order valence-corrected chi connectivity index (χ4v) is 5.03. The molecule has 0 unspecified atom stereocenters. The third-order valence-corrected chi connectivity index (χ3v) is 6.86. The molecule has 1 aliphatic rings. The van der Waals surface area contributed by atoms with E-state index < -0.39 is 0 Å². The maximum atomic E-state index is 12.5. The lowest BCUT2D eigenvalue weighted by atomic mass is 9.95. The van der Waals surface area contributed by atoms with Gasteiger partial charge in [-0.25, -0.2) is 9.97 Å². The summed E-state index contributed by atoms with van der Waals surface area (Å²) in [5.74, 6) is 1.69. The zero-order valence-electron chi connectivity index (χ0n) is 17.3. The van der Waals surface area contributed by atoms with E-state index in [9.17, 15) is 4.79 Å². The first-order chi connectivity index (χ1) is 14.0. The summed E-state index contributed by atoms with van der Waals surface area (Å²) in [5.41, 5.74) is 3.08. The molecule has 1 aromatic carbocycles. The number of hydrogen-bond donors (Lipinski definition) is 2. The number of amides is 1. The van der Waals surface area contributed by atoms with Crippen molar-refractivity contribution in [2.75, 3.05) is 5.32 Å². The van der Waals surface area contributed by atoms with Crippen LogP contribution in [0.4, 0.5) is 5.82 Å². The second kappa shape index (κ2) is 8.49. The predicted molar refractivity (Wildman–Crippen MR) is 120 cm³/mol. The van der Waals surface area contributed by atoms with Gasteiger partial charge in [-0.1, -0.05) is 31.4 Å². The topological polar surface area (TPSA) is 66.9 Å². The van der Waals surface area contributed by atoms with Crippen molar-refractivity contribution in [2.45, 2.75) is 65.5 Å². The minimum atomic E-state index is 0.0360. The molecule has 29 heavy (non-hydrogen) atoms. The normalized spacial score (nSPS) is 14.9. The highest BCUT2D eigenvalue weighted by Gasteiger charge is 2.17. The molecule has 152 valence electrons. The summed E-state index contributed by atoms with van der Waals surface area (Å²) in [6.07, 6.45) is 5.92. The highest BCUT2D eigenvalue weighted by Crippen LogP contribution is 2.33. The quantitative estimate of drug-likeness (QED) is 0.602. The molecule has 5 nitrogen and oxygen atoms in total. The monoisotopic (exact) mass is 408 g/mol. The first-order valence-electron chi connectivity index (χ1n) is 10.4. The smallest absolute Gasteiger partial charge is 0.251 e. The van der Waals surface area contributed by atoms with Crippen LogP contribution in [-0.4, -0.2) is 21.9 Å². The van der Waals surface area contributed by atoms with Crippen molar-refractivity contribution in [3.8, 4) is 0 Å². The number of nitrogens with one attached hydrogen (secondary N) is 2. The predicted octanol–water partition coefficient (Wildman–Crippen LogP) is 5.29. The average molecular weight is 409 g/mol. The maximum Gasteiger partial charge on any atom is 0.251 e. The Morgan fingerprint density at radius 2 is 1.79 bits per heavy atom. The third-order valence-electron chi connectivity index (χ3n) is 5.76. The Hall–Kier alpha value is -2.47. The Kier molecular flexibility index (Phi) is 5.81. The molecular weight excluding hydrogens is 380 g/mol. The molecule has 0 saturated heterocycles. The fourth-order valence-electron chi connectivity index (χ4n) is 3.96. The van der Waals surface area contributed by atoms with Gasteiger partial charge in [-0.15, -0.1) is 11.3 Å². The number of anilines is 1. The molecule has 1 fully saturated rings. The molecule has 0 aliphatic heterocycles. The first kappa shape index (κ1) is 19.8. The van der Waals surface area contributed by atoms with Gasteiger partial charge in [0.15, 0.2) is 0 Å². The summed E-state index contributed by atoms with van der Waals surface area (Å²) < 4.78 is 0. The van der Waals surface area contributed by atoms with Gasteiger partial charge < -0.3 is 10.6 Å². The molecule has 2 aromatic heterocycles. The molecule has 1 amide bonds. The standard InChI is InChI=1S/C23H28N4OS/c1-14-15(2)29-23-20(14)21(25-16(3)26-23)24-13-17-9-11-18(12-10-17)22(28)27-19-7-5-4-6-8-19/h9-12,19H,4-8,13H2,1-3H3,(H,27,28)(H,24,25,26). The Morgan fingerprint density at radius 3 is 2.52 bits per heavy atom. The molecule has 6 heteroatoms. The number of nitrogens with zero attached hydrogens (tertiary/aromatic N) is 2. The van der Waals surface area contributed by atoms with E-state index in [1.165, 1.54) is 29.7 Å². The second-order valence-electron chi connectivity index (χ2n) is 7.94. The number of benzene rings is 1. The van der Waals surface area contributed by atoms with Gasteiger partial charge in [0.1, 0.15) is 16.5 Å². The SMILES string of the molecule is Cc1nc(NCc2ccc(C(=O)NC3CCCCC3)cc2)c2c(C)c(C)sc2n1. The number of carbonyl (C=O) groups is 1. The van der Waals surface area contributed by atoms with Crippen LogP contribution in [0.1, 0.15) is 64.3 Å². The minimum Gasteiger partial charge on any atom is -0.365 e. The van der Waals surface area contributed by atoms with Crippen LogP contribution in [-0.2, 0) is 6.54 Å². The zero-order valence-corrected chi connectivity index (χ0v) is 18.2. The number of rotatable bonds is 5. The lowest BCUT2D eigenvalue weighted by Gasteiger charge is -2.22. The van der Waals surface area contributed by atoms with E-state index in [4.69, 9.17) is 0 Å². The van der Waals surface area contributed by atoms with Crippen LogP contribution in [0.2, 0.25) is 0 Å². The molecule has 3 aromatic rings. The molecule has 0 spiro atoms. The highest BCUT2D eigenvalue weighted by atomic mass is 32.1. The Morgan fingerprint density at radius 1 is 1.07 bits per heavy atom. The van der Waals surface area contributed by atoms with E-state index in [0.717, 1.165) is 45.8 Å². The van der Waals surface area contributed by atoms with Gasteiger partial charge >= 0.3 is 0 Å². The van der Waals surface area contributed by atoms with Crippen LogP contribution >= 0.6 is 11.3 Å². The van der Waals surface area contributed by atoms with E-state index in [1.807, 2.05) is 31.2 Å². The molecule has 1 saturated carbocycles. The van der Waals surface area contributed by atoms with Gasteiger partial charge in [-0.2, -0.15) is 0 Å². The average Bonchev–Trinajstić information content (AvgIpc) is 3.00. The van der Waals surface area contributed by atoms with E-state index in [1.54, 1.807) is 11.3 Å². The summed E-state index contributed by atoms with van der Waals surface area (Å²) in [6.45, 7) is 6.83. The van der Waals surface area contributed by atoms with Gasteiger partial charge in [-0.3, -0.25) is 4.79 Å². The zero-order chi connectivity index (χ0) is 20.4. The lowest BCUT2D eigenvalue weighted by molar-refractivity contribution is 0.0927. The van der Waals surface area contributed by atoms with Crippen molar-refractivity contribution < 1.29 is 4.79 Å². The van der Waals surface area contributed by atoms with Crippen LogP contribution < -0.4 is 10.6 Å². The van der Waals surface area contributed by atoms with E-state index >= 15 is 0 Å². The fraction of sp³-hybridized carbons (Fsp3) is 0.435. The van der Waals surface area contributed by atoms with Crippen molar-refractivity contribution in [3.05, 3.63) is 51.7 Å². The minimum absolute atomic E-state index is 0.0360. The van der Waals surface area contributed by atoms with Crippen LogP contribution in [0.25, 0.3) is 10.2 Å². The van der Waals surface area contributed by atoms with Crippen molar-refractivity contribution in [2.24, 2.45) is 0 Å². The number of thiophene rings is 1. The highest BCUT2D eigenvalue weighted by molar-refractivity contribution is 7.18. The van der Waals surface area contributed by atoms with Gasteiger partial charge in [0.05, 0.1) is 5.39 Å². The van der Waals surface area contributed by atoms with Crippen LogP contribution in [0.3, 0.4) is 0 Å². The van der Waals surface area contributed by atoms with Gasteiger partial charge in [0, 0.05) is 23.0 Å².